The molecule has 0 amide bonds. The third-order valence-corrected chi connectivity index (χ3v) is 2.93. The van der Waals surface area contributed by atoms with Crippen LogP contribution in [0.3, 0.4) is 0 Å². The Labute approximate surface area is 124 Å². The second kappa shape index (κ2) is 6.03. The van der Waals surface area contributed by atoms with E-state index in [2.05, 4.69) is 0 Å². The summed E-state index contributed by atoms with van der Waals surface area (Å²) < 4.78 is 5.43. The highest BCUT2D eigenvalue weighted by molar-refractivity contribution is 6.32. The molecule has 2 rings (SSSR count). The van der Waals surface area contributed by atoms with Gasteiger partial charge in [0.15, 0.2) is 6.29 Å². The highest BCUT2D eigenvalue weighted by atomic mass is 35.5. The summed E-state index contributed by atoms with van der Waals surface area (Å²) in [5.74, 6) is 0.662. The van der Waals surface area contributed by atoms with E-state index in [1.807, 2.05) is 0 Å². The normalized spacial score (nSPS) is 11.0. The van der Waals surface area contributed by atoms with Crippen LogP contribution in [0.5, 0.6) is 0 Å². The minimum Gasteiger partial charge on any atom is -0.457 e. The Balaban J connectivity index is 2.41. The largest absolute Gasteiger partial charge is 0.457 e. The Morgan fingerprint density at radius 1 is 1.38 bits per heavy atom. The van der Waals surface area contributed by atoms with E-state index in [9.17, 15) is 14.9 Å². The molecule has 2 aromatic rings. The van der Waals surface area contributed by atoms with Gasteiger partial charge in [0.1, 0.15) is 22.6 Å². The maximum atomic E-state index is 10.8. The fourth-order valence-electron chi connectivity index (χ4n) is 1.64. The molecule has 1 aromatic carbocycles. The molecule has 0 spiro atoms. The Morgan fingerprint density at radius 3 is 2.76 bits per heavy atom. The summed E-state index contributed by atoms with van der Waals surface area (Å²) in [6, 6.07) is 9.11. The van der Waals surface area contributed by atoms with E-state index in [0.29, 0.717) is 23.4 Å². The van der Waals surface area contributed by atoms with Gasteiger partial charge in [-0.3, -0.25) is 14.9 Å². The topological polar surface area (TPSA) is 97.1 Å². The van der Waals surface area contributed by atoms with Gasteiger partial charge in [-0.2, -0.15) is 5.26 Å². The van der Waals surface area contributed by atoms with Crippen molar-refractivity contribution in [3.05, 3.63) is 56.8 Å². The van der Waals surface area contributed by atoms with Crippen LogP contribution in [-0.4, -0.2) is 11.2 Å². The molecule has 1 heterocycles. The predicted octanol–water partition coefficient (Wildman–Crippen LogP) is 3.61. The van der Waals surface area contributed by atoms with Crippen molar-refractivity contribution in [1.82, 2.24) is 0 Å². The van der Waals surface area contributed by atoms with E-state index in [4.69, 9.17) is 21.3 Å². The lowest BCUT2D eigenvalue weighted by atomic mass is 10.1. The number of furan rings is 1. The van der Waals surface area contributed by atoms with Crippen molar-refractivity contribution in [2.45, 2.75) is 0 Å². The van der Waals surface area contributed by atoms with Crippen LogP contribution in [0.1, 0.15) is 5.76 Å². The molecule has 0 saturated carbocycles. The molecule has 0 N–H and O–H groups in total. The molecule has 0 aliphatic heterocycles. The predicted molar refractivity (Wildman–Crippen MR) is 75.5 cm³/mol. The Kier molecular flexibility index (Phi) is 4.16. The van der Waals surface area contributed by atoms with Gasteiger partial charge in [-0.15, -0.1) is 0 Å². The number of nitro benzene ring substituents is 1. The Bertz CT molecular complexity index is 787. The molecule has 104 valence electrons. The molecule has 21 heavy (non-hydrogen) atoms. The molecule has 0 aliphatic rings. The van der Waals surface area contributed by atoms with Gasteiger partial charge >= 0.3 is 0 Å². The van der Waals surface area contributed by atoms with Gasteiger partial charge in [-0.1, -0.05) is 11.6 Å². The lowest BCUT2D eigenvalue weighted by Gasteiger charge is -1.99. The zero-order valence-corrected chi connectivity index (χ0v) is 11.2. The summed E-state index contributed by atoms with van der Waals surface area (Å²) in [6.45, 7) is 0. The number of hydrogen-bond acceptors (Lipinski definition) is 5. The van der Waals surface area contributed by atoms with Gasteiger partial charge in [0.25, 0.3) is 5.69 Å². The number of benzene rings is 1. The van der Waals surface area contributed by atoms with Gasteiger partial charge in [-0.05, 0) is 24.3 Å². The molecular formula is C14H7ClN2O4. The average Bonchev–Trinajstić information content (AvgIpc) is 2.93. The summed E-state index contributed by atoms with van der Waals surface area (Å²) in [7, 11) is 0. The second-order valence-electron chi connectivity index (χ2n) is 3.95. The van der Waals surface area contributed by atoms with Gasteiger partial charge in [0.2, 0.25) is 0 Å². The maximum Gasteiger partial charge on any atom is 0.288 e. The molecule has 0 aliphatic carbocycles. The molecule has 0 bridgehead atoms. The van der Waals surface area contributed by atoms with Crippen molar-refractivity contribution in [1.29, 1.82) is 5.26 Å². The molecule has 0 saturated heterocycles. The summed E-state index contributed by atoms with van der Waals surface area (Å²) >= 11 is 5.73. The van der Waals surface area contributed by atoms with E-state index in [-0.39, 0.29) is 16.3 Å². The quantitative estimate of drug-likeness (QED) is 0.282. The van der Waals surface area contributed by atoms with Crippen LogP contribution in [0.25, 0.3) is 17.4 Å². The number of nitriles is 1. The third kappa shape index (κ3) is 3.16. The van der Waals surface area contributed by atoms with Crippen molar-refractivity contribution in [3.8, 4) is 17.4 Å². The lowest BCUT2D eigenvalue weighted by molar-refractivity contribution is -0.384. The Hall–Kier alpha value is -2.91. The van der Waals surface area contributed by atoms with Crippen LogP contribution in [-0.2, 0) is 4.79 Å². The highest BCUT2D eigenvalue weighted by Crippen LogP contribution is 2.31. The number of carbonyl (C=O) groups excluding carboxylic acids is 1. The maximum absolute atomic E-state index is 10.8. The van der Waals surface area contributed by atoms with Gasteiger partial charge in [0.05, 0.1) is 10.5 Å². The first-order valence-corrected chi connectivity index (χ1v) is 6.04. The minimum atomic E-state index is -0.588. The van der Waals surface area contributed by atoms with Crippen LogP contribution in [0.2, 0.25) is 5.02 Å². The van der Waals surface area contributed by atoms with Crippen molar-refractivity contribution < 1.29 is 14.1 Å². The molecular weight excluding hydrogens is 296 g/mol. The third-order valence-electron chi connectivity index (χ3n) is 2.61. The standard InChI is InChI=1S/C14H7ClN2O4/c15-12-3-1-10(6-13(12)17(19)20)14-4-2-11(21-14)5-9(7-16)8-18/h1-6,8H. The number of allylic oxidation sites excluding steroid dienone is 1. The Morgan fingerprint density at radius 2 is 2.14 bits per heavy atom. The van der Waals surface area contributed by atoms with Crippen LogP contribution >= 0.6 is 11.6 Å². The number of hydrogen-bond donors (Lipinski definition) is 0. The monoisotopic (exact) mass is 302 g/mol. The van der Waals surface area contributed by atoms with Gasteiger partial charge < -0.3 is 4.42 Å². The van der Waals surface area contributed by atoms with Crippen LogP contribution in [0.4, 0.5) is 5.69 Å². The minimum absolute atomic E-state index is 0.0307. The van der Waals surface area contributed by atoms with E-state index in [1.54, 1.807) is 24.3 Å². The lowest BCUT2D eigenvalue weighted by Crippen LogP contribution is -1.89. The van der Waals surface area contributed by atoms with Crippen LogP contribution in [0, 0.1) is 21.4 Å². The van der Waals surface area contributed by atoms with Crippen LogP contribution in [0.15, 0.2) is 40.3 Å². The van der Waals surface area contributed by atoms with Crippen molar-refractivity contribution in [2.75, 3.05) is 0 Å². The summed E-state index contributed by atoms with van der Waals surface area (Å²) in [6.07, 6.45) is 1.69. The molecule has 0 radical (unpaired) electrons. The number of halogens is 1. The first-order chi connectivity index (χ1) is 10.0. The molecule has 1 aromatic heterocycles. The molecule has 6 nitrogen and oxygen atoms in total. The highest BCUT2D eigenvalue weighted by Gasteiger charge is 2.15. The fraction of sp³-hybridized carbons (Fsp3) is 0. The summed E-state index contributed by atoms with van der Waals surface area (Å²) in [5, 5.41) is 19.5. The van der Waals surface area contributed by atoms with E-state index < -0.39 is 4.92 Å². The first kappa shape index (κ1) is 14.5. The van der Waals surface area contributed by atoms with E-state index in [1.165, 1.54) is 18.2 Å². The average molecular weight is 303 g/mol. The summed E-state index contributed by atoms with van der Waals surface area (Å²) in [4.78, 5) is 20.8. The molecule has 0 atom stereocenters. The first-order valence-electron chi connectivity index (χ1n) is 5.66. The zero-order chi connectivity index (χ0) is 15.4. The molecule has 7 heteroatoms. The molecule has 0 fully saturated rings. The SMILES string of the molecule is N#CC(C=O)=Cc1ccc(-c2ccc(Cl)c([N+](=O)[O-])c2)o1. The smallest absolute Gasteiger partial charge is 0.288 e. The second-order valence-corrected chi connectivity index (χ2v) is 4.36. The number of nitrogens with zero attached hydrogens (tertiary/aromatic N) is 2. The number of carbonyl (C=O) groups is 1. The summed E-state index contributed by atoms with van der Waals surface area (Å²) in [5.41, 5.74) is 0.154. The van der Waals surface area contributed by atoms with E-state index in [0.717, 1.165) is 0 Å². The van der Waals surface area contributed by atoms with Crippen LogP contribution < -0.4 is 0 Å². The number of aldehydes is 1. The zero-order valence-electron chi connectivity index (χ0n) is 10.4. The van der Waals surface area contributed by atoms with E-state index >= 15 is 0 Å². The van der Waals surface area contributed by atoms with Crippen molar-refractivity contribution in [2.24, 2.45) is 0 Å². The molecule has 0 unspecified atom stereocenters. The fourth-order valence-corrected chi connectivity index (χ4v) is 1.82. The van der Waals surface area contributed by atoms with Crippen molar-refractivity contribution >= 4 is 29.7 Å². The van der Waals surface area contributed by atoms with Gasteiger partial charge in [0, 0.05) is 17.7 Å². The number of rotatable bonds is 4. The van der Waals surface area contributed by atoms with Gasteiger partial charge in [-0.25, -0.2) is 0 Å². The number of nitro groups is 1. The van der Waals surface area contributed by atoms with Crippen molar-refractivity contribution in [3.63, 3.8) is 0 Å².